The lowest BCUT2D eigenvalue weighted by Gasteiger charge is -2.30. The molecule has 0 spiro atoms. The fraction of sp³-hybridized carbons (Fsp3) is 0.500. The Kier molecular flexibility index (Phi) is 3.58. The molecule has 1 heterocycles. The van der Waals surface area contributed by atoms with Crippen molar-refractivity contribution in [1.29, 1.82) is 5.26 Å². The van der Waals surface area contributed by atoms with Crippen LogP contribution in [0.4, 0.5) is 0 Å². The molecule has 2 heteroatoms. The average molecular weight is 214 g/mol. The summed E-state index contributed by atoms with van der Waals surface area (Å²) in [4.78, 5) is 2.49. The molecule has 1 aliphatic heterocycles. The van der Waals surface area contributed by atoms with E-state index < -0.39 is 0 Å². The minimum atomic E-state index is 0.766. The van der Waals surface area contributed by atoms with Gasteiger partial charge in [0.1, 0.15) is 0 Å². The van der Waals surface area contributed by atoms with Gasteiger partial charge in [0, 0.05) is 13.1 Å². The van der Waals surface area contributed by atoms with Gasteiger partial charge in [0.05, 0.1) is 11.6 Å². The van der Waals surface area contributed by atoms with Gasteiger partial charge >= 0.3 is 0 Å². The standard InChI is InChI=1S/C14H18N2/c1-12-4-3-7-16(10-12)11-14-6-2-5-13(8-14)9-15/h2,5-6,8,12H,3-4,7,10-11H2,1H3/t12-/m1/s1. The zero-order valence-corrected chi connectivity index (χ0v) is 9.82. The van der Waals surface area contributed by atoms with E-state index in [0.29, 0.717) is 0 Å². The van der Waals surface area contributed by atoms with Crippen LogP contribution >= 0.6 is 0 Å². The van der Waals surface area contributed by atoms with E-state index in [1.54, 1.807) is 0 Å². The molecule has 84 valence electrons. The van der Waals surface area contributed by atoms with Crippen molar-refractivity contribution in [2.24, 2.45) is 5.92 Å². The molecule has 16 heavy (non-hydrogen) atoms. The first kappa shape index (κ1) is 11.2. The number of likely N-dealkylation sites (tertiary alicyclic amines) is 1. The quantitative estimate of drug-likeness (QED) is 0.757. The highest BCUT2D eigenvalue weighted by Crippen LogP contribution is 2.18. The summed E-state index contributed by atoms with van der Waals surface area (Å²) in [5.41, 5.74) is 2.02. The maximum Gasteiger partial charge on any atom is 0.0991 e. The lowest BCUT2D eigenvalue weighted by Crippen LogP contribution is -2.33. The maximum absolute atomic E-state index is 8.85. The Hall–Kier alpha value is -1.33. The molecule has 2 nitrogen and oxygen atoms in total. The summed E-state index contributed by atoms with van der Waals surface area (Å²) in [6, 6.07) is 10.1. The molecule has 0 aromatic heterocycles. The summed E-state index contributed by atoms with van der Waals surface area (Å²) in [5.74, 6) is 0.813. The number of nitriles is 1. The Morgan fingerprint density at radius 1 is 1.50 bits per heavy atom. The predicted molar refractivity (Wildman–Crippen MR) is 64.8 cm³/mol. The van der Waals surface area contributed by atoms with Crippen molar-refractivity contribution in [3.8, 4) is 6.07 Å². The molecule has 1 aromatic rings. The van der Waals surface area contributed by atoms with Crippen molar-refractivity contribution in [2.45, 2.75) is 26.3 Å². The molecular weight excluding hydrogens is 196 g/mol. The van der Waals surface area contributed by atoms with E-state index in [2.05, 4.69) is 24.0 Å². The second kappa shape index (κ2) is 5.14. The van der Waals surface area contributed by atoms with Crippen molar-refractivity contribution < 1.29 is 0 Å². The van der Waals surface area contributed by atoms with Crippen LogP contribution in [0.3, 0.4) is 0 Å². The average Bonchev–Trinajstić information content (AvgIpc) is 2.29. The topological polar surface area (TPSA) is 27.0 Å². The third-order valence-electron chi connectivity index (χ3n) is 3.20. The molecule has 1 atom stereocenters. The highest BCUT2D eigenvalue weighted by atomic mass is 15.1. The Labute approximate surface area is 97.5 Å². The first-order valence-corrected chi connectivity index (χ1v) is 5.99. The molecule has 1 fully saturated rings. The van der Waals surface area contributed by atoms with E-state index in [9.17, 15) is 0 Å². The normalized spacial score (nSPS) is 21.6. The van der Waals surface area contributed by atoms with E-state index in [0.717, 1.165) is 18.0 Å². The van der Waals surface area contributed by atoms with Gasteiger partial charge in [-0.25, -0.2) is 0 Å². The van der Waals surface area contributed by atoms with Gasteiger partial charge in [0.15, 0.2) is 0 Å². The van der Waals surface area contributed by atoms with Gasteiger partial charge in [-0.2, -0.15) is 5.26 Å². The number of rotatable bonds is 2. The number of piperidine rings is 1. The minimum Gasteiger partial charge on any atom is -0.299 e. The van der Waals surface area contributed by atoms with Gasteiger partial charge in [0.2, 0.25) is 0 Å². The van der Waals surface area contributed by atoms with Crippen LogP contribution in [0.2, 0.25) is 0 Å². The second-order valence-corrected chi connectivity index (χ2v) is 4.79. The van der Waals surface area contributed by atoms with Crippen molar-refractivity contribution in [2.75, 3.05) is 13.1 Å². The van der Waals surface area contributed by atoms with Crippen LogP contribution in [0.5, 0.6) is 0 Å². The summed E-state index contributed by atoms with van der Waals surface area (Å²) in [6.45, 7) is 5.69. The van der Waals surface area contributed by atoms with E-state index in [4.69, 9.17) is 5.26 Å². The lowest BCUT2D eigenvalue weighted by atomic mass is 9.99. The fourth-order valence-electron chi connectivity index (χ4n) is 2.43. The van der Waals surface area contributed by atoms with Gasteiger partial charge in [0.25, 0.3) is 0 Å². The highest BCUT2D eigenvalue weighted by molar-refractivity contribution is 5.32. The molecule has 0 bridgehead atoms. The first-order chi connectivity index (χ1) is 7.78. The van der Waals surface area contributed by atoms with E-state index in [-0.39, 0.29) is 0 Å². The van der Waals surface area contributed by atoms with Crippen LogP contribution in [0.25, 0.3) is 0 Å². The molecule has 0 N–H and O–H groups in total. The van der Waals surface area contributed by atoms with Crippen molar-refractivity contribution >= 4 is 0 Å². The van der Waals surface area contributed by atoms with Gasteiger partial charge in [-0.1, -0.05) is 19.1 Å². The monoisotopic (exact) mass is 214 g/mol. The first-order valence-electron chi connectivity index (χ1n) is 5.99. The molecular formula is C14H18N2. The van der Waals surface area contributed by atoms with Crippen molar-refractivity contribution in [1.82, 2.24) is 4.90 Å². The molecule has 1 saturated heterocycles. The fourth-order valence-corrected chi connectivity index (χ4v) is 2.43. The Morgan fingerprint density at radius 2 is 2.38 bits per heavy atom. The Morgan fingerprint density at radius 3 is 3.12 bits per heavy atom. The van der Waals surface area contributed by atoms with E-state index in [1.807, 2.05) is 18.2 Å². The molecule has 0 saturated carbocycles. The number of hydrogen-bond acceptors (Lipinski definition) is 2. The predicted octanol–water partition coefficient (Wildman–Crippen LogP) is 2.79. The van der Waals surface area contributed by atoms with Crippen molar-refractivity contribution in [3.05, 3.63) is 35.4 Å². The van der Waals surface area contributed by atoms with Crippen LogP contribution in [0.15, 0.2) is 24.3 Å². The number of nitrogens with zero attached hydrogens (tertiary/aromatic N) is 2. The van der Waals surface area contributed by atoms with Crippen LogP contribution in [0.1, 0.15) is 30.9 Å². The van der Waals surface area contributed by atoms with Gasteiger partial charge < -0.3 is 0 Å². The van der Waals surface area contributed by atoms with E-state index in [1.165, 1.54) is 31.5 Å². The summed E-state index contributed by atoms with van der Waals surface area (Å²) in [7, 11) is 0. The van der Waals surface area contributed by atoms with Gasteiger partial charge in [-0.05, 0) is 43.0 Å². The van der Waals surface area contributed by atoms with Crippen LogP contribution < -0.4 is 0 Å². The Bertz CT molecular complexity index is 392. The largest absolute Gasteiger partial charge is 0.299 e. The summed E-state index contributed by atoms with van der Waals surface area (Å²) in [6.07, 6.45) is 2.66. The molecule has 0 unspecified atom stereocenters. The Balaban J connectivity index is 2.00. The van der Waals surface area contributed by atoms with Crippen LogP contribution in [-0.2, 0) is 6.54 Å². The minimum absolute atomic E-state index is 0.766. The summed E-state index contributed by atoms with van der Waals surface area (Å²) < 4.78 is 0. The zero-order chi connectivity index (χ0) is 11.4. The van der Waals surface area contributed by atoms with E-state index >= 15 is 0 Å². The third-order valence-corrected chi connectivity index (χ3v) is 3.20. The molecule has 2 rings (SSSR count). The van der Waals surface area contributed by atoms with Crippen LogP contribution in [0, 0.1) is 17.2 Å². The third kappa shape index (κ3) is 2.84. The maximum atomic E-state index is 8.85. The number of hydrogen-bond donors (Lipinski definition) is 0. The number of benzene rings is 1. The SMILES string of the molecule is C[C@@H]1CCCN(Cc2cccc(C#N)c2)C1. The lowest BCUT2D eigenvalue weighted by molar-refractivity contribution is 0.176. The smallest absolute Gasteiger partial charge is 0.0991 e. The van der Waals surface area contributed by atoms with Gasteiger partial charge in [-0.15, -0.1) is 0 Å². The molecule has 1 aromatic carbocycles. The van der Waals surface area contributed by atoms with Crippen molar-refractivity contribution in [3.63, 3.8) is 0 Å². The van der Waals surface area contributed by atoms with Crippen LogP contribution in [-0.4, -0.2) is 18.0 Å². The molecule has 0 radical (unpaired) electrons. The molecule has 0 amide bonds. The summed E-state index contributed by atoms with van der Waals surface area (Å²) in [5, 5.41) is 8.85. The second-order valence-electron chi connectivity index (χ2n) is 4.79. The van der Waals surface area contributed by atoms with Gasteiger partial charge in [-0.3, -0.25) is 4.90 Å². The summed E-state index contributed by atoms with van der Waals surface area (Å²) >= 11 is 0. The molecule has 0 aliphatic carbocycles. The zero-order valence-electron chi connectivity index (χ0n) is 9.82. The molecule has 1 aliphatic rings. The highest BCUT2D eigenvalue weighted by Gasteiger charge is 2.16.